The number of nitrogens with zero attached hydrogens (tertiary/aromatic N) is 2. The second kappa shape index (κ2) is 8.35. The number of likely N-dealkylation sites (N-methyl/N-ethyl adjacent to an activating group) is 1. The highest BCUT2D eigenvalue weighted by atomic mass is 19.1. The van der Waals surface area contributed by atoms with Crippen LogP contribution in [0.1, 0.15) is 18.1 Å². The van der Waals surface area contributed by atoms with Crippen molar-refractivity contribution in [2.75, 3.05) is 27.2 Å². The molecule has 1 aliphatic heterocycles. The van der Waals surface area contributed by atoms with Crippen LogP contribution >= 0.6 is 0 Å². The maximum Gasteiger partial charge on any atom is 0.239 e. The van der Waals surface area contributed by atoms with E-state index >= 15 is 0 Å². The van der Waals surface area contributed by atoms with E-state index in [2.05, 4.69) is 11.0 Å². The number of benzene rings is 2. The van der Waals surface area contributed by atoms with E-state index in [-0.39, 0.29) is 17.8 Å². The second-order valence-electron chi connectivity index (χ2n) is 6.89. The van der Waals surface area contributed by atoms with Crippen LogP contribution in [0.25, 0.3) is 5.57 Å². The van der Waals surface area contributed by atoms with E-state index in [4.69, 9.17) is 4.74 Å². The topological polar surface area (TPSA) is 32.8 Å². The van der Waals surface area contributed by atoms with E-state index in [0.29, 0.717) is 6.54 Å². The molecule has 2 aromatic rings. The molecule has 0 aliphatic carbocycles. The molecule has 1 atom stereocenters. The summed E-state index contributed by atoms with van der Waals surface area (Å²) in [5.41, 5.74) is 3.15. The fraction of sp³-hybridized carbons (Fsp3) is 0.318. The molecule has 0 bridgehead atoms. The Morgan fingerprint density at radius 1 is 1.26 bits per heavy atom. The number of carbonyl (C=O) groups is 1. The van der Waals surface area contributed by atoms with Crippen LogP contribution in [0.4, 0.5) is 4.39 Å². The first kappa shape index (κ1) is 19.1. The molecule has 0 saturated carbocycles. The summed E-state index contributed by atoms with van der Waals surface area (Å²) < 4.78 is 18.6. The van der Waals surface area contributed by atoms with Crippen LogP contribution in [0, 0.1) is 5.82 Å². The molecule has 4 nitrogen and oxygen atoms in total. The highest BCUT2D eigenvalue weighted by molar-refractivity contribution is 5.82. The summed E-state index contributed by atoms with van der Waals surface area (Å²) in [6, 6.07) is 14.1. The van der Waals surface area contributed by atoms with Crippen LogP contribution in [-0.2, 0) is 11.3 Å². The normalized spacial score (nSPS) is 15.3. The minimum absolute atomic E-state index is 0.0312. The Morgan fingerprint density at radius 2 is 2.00 bits per heavy atom. The second-order valence-corrected chi connectivity index (χ2v) is 6.89. The first-order chi connectivity index (χ1) is 13.0. The lowest BCUT2D eigenvalue weighted by molar-refractivity contribution is -0.135. The molecule has 27 heavy (non-hydrogen) atoms. The van der Waals surface area contributed by atoms with Gasteiger partial charge in [0.1, 0.15) is 11.6 Å². The van der Waals surface area contributed by atoms with Crippen molar-refractivity contribution in [3.05, 3.63) is 71.6 Å². The molecule has 1 heterocycles. The summed E-state index contributed by atoms with van der Waals surface area (Å²) in [6.07, 6.45) is 2.16. The fourth-order valence-corrected chi connectivity index (χ4v) is 3.35. The molecular weight excluding hydrogens is 343 g/mol. The maximum atomic E-state index is 13.3. The van der Waals surface area contributed by atoms with Gasteiger partial charge in [0, 0.05) is 26.7 Å². The van der Waals surface area contributed by atoms with E-state index in [0.717, 1.165) is 30.0 Å². The van der Waals surface area contributed by atoms with Crippen molar-refractivity contribution in [2.24, 2.45) is 0 Å². The van der Waals surface area contributed by atoms with Gasteiger partial charge in [-0.05, 0) is 47.9 Å². The summed E-state index contributed by atoms with van der Waals surface area (Å²) in [6.45, 7) is 3.79. The molecule has 0 fully saturated rings. The molecule has 1 aliphatic rings. The van der Waals surface area contributed by atoms with E-state index < -0.39 is 0 Å². The number of rotatable bonds is 6. The zero-order chi connectivity index (χ0) is 19.4. The Kier molecular flexibility index (Phi) is 5.91. The van der Waals surface area contributed by atoms with Gasteiger partial charge in [0.05, 0.1) is 13.2 Å². The molecule has 1 amide bonds. The van der Waals surface area contributed by atoms with E-state index in [9.17, 15) is 9.18 Å². The summed E-state index contributed by atoms with van der Waals surface area (Å²) in [4.78, 5) is 16.6. The van der Waals surface area contributed by atoms with Crippen LogP contribution in [-0.4, -0.2) is 49.0 Å². The Hall–Kier alpha value is -2.66. The Bertz CT molecular complexity index is 832. The zero-order valence-electron chi connectivity index (χ0n) is 16.0. The van der Waals surface area contributed by atoms with Crippen molar-refractivity contribution in [1.29, 1.82) is 0 Å². The van der Waals surface area contributed by atoms with E-state index in [1.54, 1.807) is 25.1 Å². The van der Waals surface area contributed by atoms with Crippen molar-refractivity contribution in [2.45, 2.75) is 19.5 Å². The molecule has 5 heteroatoms. The Morgan fingerprint density at radius 3 is 2.67 bits per heavy atom. The molecule has 0 radical (unpaired) electrons. The summed E-state index contributed by atoms with van der Waals surface area (Å²) in [5, 5.41) is 0. The highest BCUT2D eigenvalue weighted by Gasteiger charge is 2.27. The van der Waals surface area contributed by atoms with Crippen molar-refractivity contribution < 1.29 is 13.9 Å². The van der Waals surface area contributed by atoms with Gasteiger partial charge in [-0.15, -0.1) is 0 Å². The molecule has 0 saturated heterocycles. The van der Waals surface area contributed by atoms with Gasteiger partial charge in [-0.25, -0.2) is 4.39 Å². The van der Waals surface area contributed by atoms with Crippen molar-refractivity contribution in [1.82, 2.24) is 9.80 Å². The third-order valence-electron chi connectivity index (χ3n) is 5.00. The number of amides is 1. The fourth-order valence-electron chi connectivity index (χ4n) is 3.35. The first-order valence-corrected chi connectivity index (χ1v) is 9.05. The minimum atomic E-state index is -0.283. The number of ether oxygens (including phenoxy) is 1. The number of hydrogen-bond donors (Lipinski definition) is 0. The number of hydrogen-bond acceptors (Lipinski definition) is 3. The molecule has 0 N–H and O–H groups in total. The lowest BCUT2D eigenvalue weighted by Crippen LogP contribution is -2.44. The molecule has 1 unspecified atom stereocenters. The standard InChI is InChI=1S/C22H25FN2O2/c1-16(22(26)24(2)14-17-5-4-6-20(23)13-17)25-12-11-19(15-25)18-7-9-21(27-3)10-8-18/h4-11,13,16H,12,14-15H2,1-3H3. The third-order valence-corrected chi connectivity index (χ3v) is 5.00. The summed E-state index contributed by atoms with van der Waals surface area (Å²) in [5.74, 6) is 0.578. The van der Waals surface area contributed by atoms with Crippen molar-refractivity contribution in [3.8, 4) is 5.75 Å². The predicted octanol–water partition coefficient (Wildman–Crippen LogP) is 3.58. The van der Waals surface area contributed by atoms with Gasteiger partial charge in [-0.1, -0.05) is 30.3 Å². The molecular formula is C22H25FN2O2. The van der Waals surface area contributed by atoms with Crippen LogP contribution in [0.5, 0.6) is 5.75 Å². The van der Waals surface area contributed by atoms with Crippen LogP contribution in [0.2, 0.25) is 0 Å². The van der Waals surface area contributed by atoms with Crippen LogP contribution in [0.15, 0.2) is 54.6 Å². The number of halogens is 1. The average Bonchev–Trinajstić information content (AvgIpc) is 3.17. The van der Waals surface area contributed by atoms with Crippen molar-refractivity contribution >= 4 is 11.5 Å². The molecule has 142 valence electrons. The van der Waals surface area contributed by atoms with Crippen LogP contribution in [0.3, 0.4) is 0 Å². The zero-order valence-corrected chi connectivity index (χ0v) is 16.0. The van der Waals surface area contributed by atoms with Crippen molar-refractivity contribution in [3.63, 3.8) is 0 Å². The molecule has 0 spiro atoms. The first-order valence-electron chi connectivity index (χ1n) is 9.05. The third kappa shape index (κ3) is 4.55. The van der Waals surface area contributed by atoms with Gasteiger partial charge in [0.2, 0.25) is 5.91 Å². The Labute approximate surface area is 159 Å². The smallest absolute Gasteiger partial charge is 0.239 e. The average molecular weight is 368 g/mol. The van der Waals surface area contributed by atoms with Crippen LogP contribution < -0.4 is 4.74 Å². The largest absolute Gasteiger partial charge is 0.497 e. The quantitative estimate of drug-likeness (QED) is 0.781. The van der Waals surface area contributed by atoms with Gasteiger partial charge >= 0.3 is 0 Å². The van der Waals surface area contributed by atoms with Gasteiger partial charge in [0.15, 0.2) is 0 Å². The summed E-state index contributed by atoms with van der Waals surface area (Å²) in [7, 11) is 3.41. The van der Waals surface area contributed by atoms with Gasteiger partial charge in [-0.3, -0.25) is 9.69 Å². The molecule has 3 rings (SSSR count). The lowest BCUT2D eigenvalue weighted by Gasteiger charge is -2.28. The molecule has 2 aromatic carbocycles. The van der Waals surface area contributed by atoms with Gasteiger partial charge < -0.3 is 9.64 Å². The number of carbonyl (C=O) groups excluding carboxylic acids is 1. The van der Waals surface area contributed by atoms with E-state index in [1.807, 2.05) is 37.3 Å². The predicted molar refractivity (Wildman–Crippen MR) is 105 cm³/mol. The van der Waals surface area contributed by atoms with E-state index in [1.165, 1.54) is 17.7 Å². The number of methoxy groups -OCH3 is 1. The molecule has 0 aromatic heterocycles. The summed E-state index contributed by atoms with van der Waals surface area (Å²) >= 11 is 0. The lowest BCUT2D eigenvalue weighted by atomic mass is 10.1. The minimum Gasteiger partial charge on any atom is -0.497 e. The van der Waals surface area contributed by atoms with Gasteiger partial charge in [-0.2, -0.15) is 0 Å². The Balaban J connectivity index is 1.59. The monoisotopic (exact) mass is 368 g/mol. The van der Waals surface area contributed by atoms with Gasteiger partial charge in [0.25, 0.3) is 0 Å². The highest BCUT2D eigenvalue weighted by Crippen LogP contribution is 2.25. The SMILES string of the molecule is COc1ccc(C2=CCN(C(C)C(=O)N(C)Cc3cccc(F)c3)C2)cc1. The maximum absolute atomic E-state index is 13.3.